The molecule has 452 valence electrons. The Morgan fingerprint density at radius 2 is 0.675 bits per heavy atom. The Balaban J connectivity index is 3.88. The maximum atomic E-state index is 12.7. The van der Waals surface area contributed by atoms with Gasteiger partial charge in [0.15, 0.2) is 6.10 Å². The third kappa shape index (κ3) is 63.0. The van der Waals surface area contributed by atoms with Gasteiger partial charge in [0, 0.05) is 19.4 Å². The normalized spacial score (nSPS) is 13.2. The Kier molecular flexibility index (Phi) is 61.5. The van der Waals surface area contributed by atoms with Crippen LogP contribution >= 0.6 is 7.82 Å². The molecule has 0 aliphatic carbocycles. The number of phosphoric acid groups is 1. The van der Waals surface area contributed by atoms with E-state index in [-0.39, 0.29) is 38.6 Å². The second-order valence-electron chi connectivity index (χ2n) is 22.3. The van der Waals surface area contributed by atoms with Crippen molar-refractivity contribution in [1.29, 1.82) is 0 Å². The summed E-state index contributed by atoms with van der Waals surface area (Å²) in [5.41, 5.74) is 5.40. The van der Waals surface area contributed by atoms with E-state index in [0.29, 0.717) is 6.42 Å². The number of hydrogen-bond acceptors (Lipinski definition) is 8. The Hall–Kier alpha value is -2.03. The first kappa shape index (κ1) is 75.0. The molecule has 2 unspecified atom stereocenters. The molecular formula is C67H126NO8P. The van der Waals surface area contributed by atoms with Gasteiger partial charge in [0.1, 0.15) is 6.61 Å². The first-order valence-corrected chi connectivity index (χ1v) is 34.6. The molecule has 0 rings (SSSR count). The molecule has 0 aromatic heterocycles. The zero-order valence-electron chi connectivity index (χ0n) is 50.7. The lowest BCUT2D eigenvalue weighted by molar-refractivity contribution is -0.161. The van der Waals surface area contributed by atoms with E-state index in [0.717, 1.165) is 44.9 Å². The summed E-state index contributed by atoms with van der Waals surface area (Å²) in [5, 5.41) is 0. The monoisotopic (exact) mass is 1100 g/mol. The van der Waals surface area contributed by atoms with Crippen LogP contribution in [0.1, 0.15) is 335 Å². The first-order chi connectivity index (χ1) is 37.8. The number of allylic oxidation sites excluding steroid dienone is 8. The van der Waals surface area contributed by atoms with Gasteiger partial charge in [-0.1, -0.05) is 294 Å². The molecule has 0 bridgehead atoms. The van der Waals surface area contributed by atoms with Crippen molar-refractivity contribution in [2.24, 2.45) is 5.73 Å². The van der Waals surface area contributed by atoms with Crippen molar-refractivity contribution in [1.82, 2.24) is 0 Å². The number of nitrogens with two attached hydrogens (primary N) is 1. The second-order valence-corrected chi connectivity index (χ2v) is 23.8. The molecule has 2 atom stereocenters. The molecule has 0 saturated carbocycles. The molecule has 0 aliphatic rings. The third-order valence-corrected chi connectivity index (χ3v) is 15.7. The zero-order valence-corrected chi connectivity index (χ0v) is 51.6. The topological polar surface area (TPSA) is 134 Å². The van der Waals surface area contributed by atoms with E-state index in [2.05, 4.69) is 62.5 Å². The minimum Gasteiger partial charge on any atom is -0.462 e. The number of carbonyl (C=O) groups excluding carboxylic acids is 2. The number of carbonyl (C=O) groups is 2. The van der Waals surface area contributed by atoms with Gasteiger partial charge in [0.2, 0.25) is 0 Å². The molecule has 0 radical (unpaired) electrons. The van der Waals surface area contributed by atoms with E-state index in [1.165, 1.54) is 257 Å². The summed E-state index contributed by atoms with van der Waals surface area (Å²) in [4.78, 5) is 35.3. The maximum Gasteiger partial charge on any atom is 0.472 e. The highest BCUT2D eigenvalue weighted by atomic mass is 31.2. The van der Waals surface area contributed by atoms with E-state index < -0.39 is 26.5 Å². The Bertz CT molecular complexity index is 1400. The number of rotatable bonds is 63. The van der Waals surface area contributed by atoms with Crippen LogP contribution in [0.15, 0.2) is 48.6 Å². The smallest absolute Gasteiger partial charge is 0.462 e. The Labute approximate surface area is 477 Å². The van der Waals surface area contributed by atoms with Gasteiger partial charge >= 0.3 is 19.8 Å². The highest BCUT2D eigenvalue weighted by molar-refractivity contribution is 7.47. The van der Waals surface area contributed by atoms with Gasteiger partial charge in [-0.25, -0.2) is 4.57 Å². The SMILES string of the molecule is CCCCCCC/C=C\C/C=C\C/C=C\CCCCCCCCCCCCCCCCCCC(=O)OC(COC(=O)CCCCCCCCCCCCCCC/C=C\CCCCCCCCCC)COP(=O)(O)OCCN. The van der Waals surface area contributed by atoms with Crippen LogP contribution in [0, 0.1) is 0 Å². The lowest BCUT2D eigenvalue weighted by Crippen LogP contribution is -2.29. The van der Waals surface area contributed by atoms with Crippen LogP contribution in [0.5, 0.6) is 0 Å². The highest BCUT2D eigenvalue weighted by Crippen LogP contribution is 2.43. The predicted octanol–water partition coefficient (Wildman–Crippen LogP) is 21.3. The standard InChI is InChI=1S/C67H126NO8P/c1-3-5-7-9-11-13-15-17-19-21-23-25-27-29-30-31-32-33-34-36-38-40-42-44-46-48-50-52-54-56-58-60-67(70)76-65(64-75-77(71,72)74-62-61-68)63-73-66(69)59-57-55-53-51-49-47-45-43-41-39-37-35-28-26-24-22-20-18-16-14-12-10-8-6-4-2/h15,17,21-24,27,29,65H,3-14,16,18-20,25-26,28,30-64,68H2,1-2H3,(H,71,72)/b17-15-,23-21-,24-22-,29-27-. The van der Waals surface area contributed by atoms with Crippen molar-refractivity contribution < 1.29 is 37.6 Å². The van der Waals surface area contributed by atoms with E-state index in [1.54, 1.807) is 0 Å². The van der Waals surface area contributed by atoms with Crippen LogP contribution in [0.25, 0.3) is 0 Å². The molecule has 10 heteroatoms. The largest absolute Gasteiger partial charge is 0.472 e. The summed E-state index contributed by atoms with van der Waals surface area (Å²) in [7, 11) is -4.39. The summed E-state index contributed by atoms with van der Waals surface area (Å²) in [6.07, 6.45) is 79.0. The average Bonchev–Trinajstić information content (AvgIpc) is 3.42. The van der Waals surface area contributed by atoms with Crippen LogP contribution in [0.4, 0.5) is 0 Å². The summed E-state index contributed by atoms with van der Waals surface area (Å²) < 4.78 is 33.1. The Morgan fingerprint density at radius 1 is 0.390 bits per heavy atom. The molecule has 0 amide bonds. The van der Waals surface area contributed by atoms with Gasteiger partial charge < -0.3 is 20.1 Å². The number of unbranched alkanes of at least 4 members (excludes halogenated alkanes) is 42. The van der Waals surface area contributed by atoms with Gasteiger partial charge in [-0.05, 0) is 77.0 Å². The molecule has 0 fully saturated rings. The van der Waals surface area contributed by atoms with Crippen molar-refractivity contribution in [2.75, 3.05) is 26.4 Å². The molecular weight excluding hydrogens is 978 g/mol. The minimum atomic E-state index is -4.39. The van der Waals surface area contributed by atoms with Crippen molar-refractivity contribution >= 4 is 19.8 Å². The van der Waals surface area contributed by atoms with Crippen LogP contribution in [0.2, 0.25) is 0 Å². The lowest BCUT2D eigenvalue weighted by atomic mass is 10.0. The second kappa shape index (κ2) is 63.2. The summed E-state index contributed by atoms with van der Waals surface area (Å²) in [6, 6.07) is 0. The fourth-order valence-corrected chi connectivity index (χ4v) is 10.5. The average molecular weight is 1100 g/mol. The van der Waals surface area contributed by atoms with Crippen molar-refractivity contribution in [2.45, 2.75) is 341 Å². The minimum absolute atomic E-state index is 0.0543. The van der Waals surface area contributed by atoms with Gasteiger partial charge in [-0.2, -0.15) is 0 Å². The fourth-order valence-electron chi connectivity index (χ4n) is 9.76. The molecule has 9 nitrogen and oxygen atoms in total. The molecule has 0 aromatic carbocycles. The highest BCUT2D eigenvalue weighted by Gasteiger charge is 2.26. The Morgan fingerprint density at radius 3 is 1.01 bits per heavy atom. The van der Waals surface area contributed by atoms with Crippen LogP contribution in [-0.2, 0) is 32.7 Å². The van der Waals surface area contributed by atoms with E-state index >= 15 is 0 Å². The quantitative estimate of drug-likeness (QED) is 0.0264. The number of ether oxygens (including phenoxy) is 2. The van der Waals surface area contributed by atoms with Crippen LogP contribution < -0.4 is 5.73 Å². The molecule has 77 heavy (non-hydrogen) atoms. The maximum absolute atomic E-state index is 12.7. The molecule has 0 spiro atoms. The molecule has 3 N–H and O–H groups in total. The van der Waals surface area contributed by atoms with Gasteiger partial charge in [0.25, 0.3) is 0 Å². The summed E-state index contributed by atoms with van der Waals surface area (Å²) >= 11 is 0. The van der Waals surface area contributed by atoms with Crippen molar-refractivity contribution in [3.63, 3.8) is 0 Å². The number of esters is 2. The zero-order chi connectivity index (χ0) is 55.9. The van der Waals surface area contributed by atoms with Crippen molar-refractivity contribution in [3.8, 4) is 0 Å². The van der Waals surface area contributed by atoms with E-state index in [4.69, 9.17) is 24.3 Å². The summed E-state index contributed by atoms with van der Waals surface area (Å²) in [5.74, 6) is -0.812. The van der Waals surface area contributed by atoms with Gasteiger partial charge in [-0.15, -0.1) is 0 Å². The molecule has 0 saturated heterocycles. The number of phosphoric ester groups is 1. The van der Waals surface area contributed by atoms with Crippen molar-refractivity contribution in [3.05, 3.63) is 48.6 Å². The van der Waals surface area contributed by atoms with E-state index in [9.17, 15) is 19.0 Å². The molecule has 0 heterocycles. The third-order valence-electron chi connectivity index (χ3n) is 14.7. The molecule has 0 aliphatic heterocycles. The van der Waals surface area contributed by atoms with Crippen LogP contribution in [-0.4, -0.2) is 49.3 Å². The van der Waals surface area contributed by atoms with E-state index in [1.807, 2.05) is 0 Å². The van der Waals surface area contributed by atoms with Gasteiger partial charge in [0.05, 0.1) is 13.2 Å². The molecule has 0 aromatic rings. The first-order valence-electron chi connectivity index (χ1n) is 33.1. The number of hydrogen-bond donors (Lipinski definition) is 2. The summed E-state index contributed by atoms with van der Waals surface area (Å²) in [6.45, 7) is 3.79. The fraction of sp³-hybridized carbons (Fsp3) is 0.851. The van der Waals surface area contributed by atoms with Gasteiger partial charge in [-0.3, -0.25) is 18.6 Å². The van der Waals surface area contributed by atoms with Crippen LogP contribution in [0.3, 0.4) is 0 Å². The predicted molar refractivity (Wildman–Crippen MR) is 330 cm³/mol. The lowest BCUT2D eigenvalue weighted by Gasteiger charge is -2.19.